The van der Waals surface area contributed by atoms with E-state index in [2.05, 4.69) is 79.7 Å². The lowest BCUT2D eigenvalue weighted by atomic mass is 9.94. The molecule has 0 N–H and O–H groups in total. The van der Waals surface area contributed by atoms with Gasteiger partial charge in [0.15, 0.2) is 17.5 Å². The van der Waals surface area contributed by atoms with E-state index in [4.69, 9.17) is 29.9 Å². The van der Waals surface area contributed by atoms with Gasteiger partial charge in [0.25, 0.3) is 0 Å². The first kappa shape index (κ1) is 32.2. The van der Waals surface area contributed by atoms with Gasteiger partial charge in [-0.05, 0) is 30.7 Å². The van der Waals surface area contributed by atoms with Gasteiger partial charge in [0.1, 0.15) is 0 Å². The maximum atomic E-state index is 5.50. The maximum absolute atomic E-state index is 5.50. The zero-order chi connectivity index (χ0) is 36.7. The van der Waals surface area contributed by atoms with Crippen LogP contribution in [0.15, 0.2) is 176 Å². The molecular formula is C49H32N6. The number of rotatable bonds is 6. The number of para-hydroxylation sites is 1. The van der Waals surface area contributed by atoms with E-state index in [-0.39, 0.29) is 0 Å². The van der Waals surface area contributed by atoms with Crippen molar-refractivity contribution in [3.05, 3.63) is 181 Å². The van der Waals surface area contributed by atoms with Gasteiger partial charge in [0.2, 0.25) is 0 Å². The Kier molecular flexibility index (Phi) is 7.92. The van der Waals surface area contributed by atoms with Crippen LogP contribution in [0.3, 0.4) is 0 Å². The summed E-state index contributed by atoms with van der Waals surface area (Å²) in [5.74, 6) is 1.83. The van der Waals surface area contributed by atoms with Crippen molar-refractivity contribution >= 4 is 32.7 Å². The summed E-state index contributed by atoms with van der Waals surface area (Å²) in [5, 5.41) is 3.10. The van der Waals surface area contributed by atoms with Gasteiger partial charge in [0, 0.05) is 49.5 Å². The third-order valence-corrected chi connectivity index (χ3v) is 9.99. The van der Waals surface area contributed by atoms with Gasteiger partial charge in [-0.15, -0.1) is 0 Å². The minimum Gasteiger partial charge on any atom is -0.247 e. The molecule has 0 amide bonds. The predicted molar refractivity (Wildman–Crippen MR) is 223 cm³/mol. The molecule has 0 aliphatic heterocycles. The minimum absolute atomic E-state index is 0.591. The summed E-state index contributed by atoms with van der Waals surface area (Å²) in [6.07, 6.45) is 0. The van der Waals surface area contributed by atoms with Gasteiger partial charge in [-0.25, -0.2) is 29.9 Å². The van der Waals surface area contributed by atoms with Crippen molar-refractivity contribution < 1.29 is 0 Å². The molecule has 0 saturated heterocycles. The fraction of sp³-hybridized carbons (Fsp3) is 0.0204. The molecule has 0 bridgehead atoms. The topological polar surface area (TPSA) is 77.3 Å². The first-order chi connectivity index (χ1) is 27.2. The molecule has 0 atom stereocenters. The minimum atomic E-state index is 0.591. The molecule has 3 heterocycles. The van der Waals surface area contributed by atoms with Crippen LogP contribution in [0.25, 0.3) is 101 Å². The Morgan fingerprint density at radius 1 is 0.309 bits per heavy atom. The average molecular weight is 705 g/mol. The van der Waals surface area contributed by atoms with E-state index in [1.54, 1.807) is 0 Å². The van der Waals surface area contributed by atoms with Crippen molar-refractivity contribution in [2.45, 2.75) is 6.92 Å². The van der Waals surface area contributed by atoms with Crippen LogP contribution in [0, 0.1) is 6.92 Å². The Labute approximate surface area is 318 Å². The highest BCUT2D eigenvalue weighted by atomic mass is 15.0. The average Bonchev–Trinajstić information content (AvgIpc) is 3.26. The summed E-state index contributed by atoms with van der Waals surface area (Å²) >= 11 is 0. The number of nitrogens with zero attached hydrogens (tertiary/aromatic N) is 6. The zero-order valence-electron chi connectivity index (χ0n) is 29.9. The highest BCUT2D eigenvalue weighted by Gasteiger charge is 2.21. The summed E-state index contributed by atoms with van der Waals surface area (Å²) < 4.78 is 0. The fourth-order valence-corrected chi connectivity index (χ4v) is 7.40. The highest BCUT2D eigenvalue weighted by Crippen LogP contribution is 2.41. The number of fused-ring (bicyclic) bond motifs is 5. The van der Waals surface area contributed by atoms with Crippen LogP contribution in [0.1, 0.15) is 5.56 Å². The van der Waals surface area contributed by atoms with Gasteiger partial charge < -0.3 is 0 Å². The number of hydrogen-bond donors (Lipinski definition) is 0. The lowest BCUT2D eigenvalue weighted by molar-refractivity contribution is 1.07. The molecule has 10 aromatic rings. The van der Waals surface area contributed by atoms with Gasteiger partial charge in [-0.1, -0.05) is 158 Å². The molecule has 6 heteroatoms. The van der Waals surface area contributed by atoms with E-state index in [1.165, 1.54) is 0 Å². The molecule has 0 aliphatic rings. The Bertz CT molecular complexity index is 2970. The van der Waals surface area contributed by atoms with E-state index in [0.717, 1.165) is 88.7 Å². The number of aryl methyl sites for hydroxylation is 1. The van der Waals surface area contributed by atoms with Crippen molar-refractivity contribution in [1.82, 2.24) is 29.9 Å². The predicted octanol–water partition coefficient (Wildman–Crippen LogP) is 11.8. The van der Waals surface area contributed by atoms with Crippen LogP contribution in [0.4, 0.5) is 0 Å². The Balaban J connectivity index is 1.22. The highest BCUT2D eigenvalue weighted by molar-refractivity contribution is 6.22. The summed E-state index contributed by atoms with van der Waals surface area (Å²) in [6, 6.07) is 59.5. The monoisotopic (exact) mass is 704 g/mol. The number of hydrogen-bond acceptors (Lipinski definition) is 6. The maximum Gasteiger partial charge on any atom is 0.164 e. The molecule has 0 saturated carbocycles. The molecule has 0 radical (unpaired) electrons. The molecule has 0 spiro atoms. The molecule has 6 nitrogen and oxygen atoms in total. The summed E-state index contributed by atoms with van der Waals surface area (Å²) in [5.41, 5.74) is 11.9. The van der Waals surface area contributed by atoms with Crippen molar-refractivity contribution in [1.29, 1.82) is 0 Å². The molecule has 0 fully saturated rings. The van der Waals surface area contributed by atoms with Crippen LogP contribution in [-0.2, 0) is 0 Å². The lowest BCUT2D eigenvalue weighted by Gasteiger charge is -2.17. The molecule has 0 aliphatic carbocycles. The first-order valence-corrected chi connectivity index (χ1v) is 18.3. The van der Waals surface area contributed by atoms with Crippen LogP contribution >= 0.6 is 0 Å². The lowest BCUT2D eigenvalue weighted by Crippen LogP contribution is -2.01. The molecule has 3 aromatic heterocycles. The van der Waals surface area contributed by atoms with E-state index in [1.807, 2.05) is 103 Å². The summed E-state index contributed by atoms with van der Waals surface area (Å²) in [4.78, 5) is 31.1. The number of aromatic nitrogens is 6. The summed E-state index contributed by atoms with van der Waals surface area (Å²) in [7, 11) is 0. The van der Waals surface area contributed by atoms with Crippen LogP contribution < -0.4 is 0 Å². The van der Waals surface area contributed by atoms with Crippen LogP contribution in [-0.4, -0.2) is 29.9 Å². The number of pyridine rings is 1. The Morgan fingerprint density at radius 3 is 1.36 bits per heavy atom. The Hall–Kier alpha value is -7.44. The second kappa shape index (κ2) is 13.5. The number of benzene rings is 7. The van der Waals surface area contributed by atoms with Gasteiger partial charge in [0.05, 0.1) is 33.6 Å². The molecular weight excluding hydrogens is 673 g/mol. The van der Waals surface area contributed by atoms with Crippen LogP contribution in [0.2, 0.25) is 0 Å². The van der Waals surface area contributed by atoms with E-state index in [0.29, 0.717) is 17.5 Å². The van der Waals surface area contributed by atoms with Crippen molar-refractivity contribution in [3.8, 4) is 67.9 Å². The normalized spacial score (nSPS) is 11.4. The quantitative estimate of drug-likeness (QED) is 0.160. The van der Waals surface area contributed by atoms with Crippen molar-refractivity contribution in [3.63, 3.8) is 0 Å². The Morgan fingerprint density at radius 2 is 0.764 bits per heavy atom. The SMILES string of the molecule is Cc1cc2nc(-c3ccccc3)c(-c3ccccc3)nc2c2c1c(-c1cccc(-c3nc(-c4ccccc4)nc(-c4ccccc4)n3)c1)nc1ccccc12. The zero-order valence-corrected chi connectivity index (χ0v) is 29.9. The smallest absolute Gasteiger partial charge is 0.164 e. The first-order valence-electron chi connectivity index (χ1n) is 18.3. The molecule has 7 aromatic carbocycles. The molecule has 10 rings (SSSR count). The van der Waals surface area contributed by atoms with Gasteiger partial charge in [-0.3, -0.25) is 0 Å². The van der Waals surface area contributed by atoms with Gasteiger partial charge in [-0.2, -0.15) is 0 Å². The second-order valence-electron chi connectivity index (χ2n) is 13.6. The second-order valence-corrected chi connectivity index (χ2v) is 13.6. The van der Waals surface area contributed by atoms with E-state index in [9.17, 15) is 0 Å². The third kappa shape index (κ3) is 5.86. The van der Waals surface area contributed by atoms with E-state index < -0.39 is 0 Å². The fourth-order valence-electron chi connectivity index (χ4n) is 7.40. The standard InChI is InChI=1S/C49H32N6/c1-31-29-40-46(52-45(33-19-8-3-9-20-33)44(51-40)32-17-6-2-7-18-32)42-38-27-14-15-28-39(38)50-43(41(31)42)36-25-16-26-37(30-36)49-54-47(34-21-10-4-11-22-34)53-48(55-49)35-23-12-5-13-24-35/h2-30H,1H3. The third-order valence-electron chi connectivity index (χ3n) is 9.99. The van der Waals surface area contributed by atoms with Crippen molar-refractivity contribution in [2.75, 3.05) is 0 Å². The van der Waals surface area contributed by atoms with Gasteiger partial charge >= 0.3 is 0 Å². The molecule has 258 valence electrons. The van der Waals surface area contributed by atoms with Crippen molar-refractivity contribution in [2.24, 2.45) is 0 Å². The largest absolute Gasteiger partial charge is 0.247 e. The molecule has 0 unspecified atom stereocenters. The molecule has 55 heavy (non-hydrogen) atoms. The van der Waals surface area contributed by atoms with Crippen LogP contribution in [0.5, 0.6) is 0 Å². The van der Waals surface area contributed by atoms with E-state index >= 15 is 0 Å². The summed E-state index contributed by atoms with van der Waals surface area (Å²) in [6.45, 7) is 2.14.